The maximum atomic E-state index is 12.2. The van der Waals surface area contributed by atoms with E-state index in [0.29, 0.717) is 10.9 Å². The maximum Gasteiger partial charge on any atom is 0.351 e. The number of ether oxygens (including phenoxy) is 1. The molecule has 4 atom stereocenters. The van der Waals surface area contributed by atoms with Gasteiger partial charge >= 0.3 is 5.69 Å². The normalized spacial score (nSPS) is 25.7. The number of nitrogens with one attached hydrogen (secondary N) is 1. The predicted octanol–water partition coefficient (Wildman–Crippen LogP) is 0.510. The van der Waals surface area contributed by atoms with E-state index in [0.717, 1.165) is 4.57 Å². The highest BCUT2D eigenvalue weighted by molar-refractivity contribution is 9.09. The molecule has 0 spiro atoms. The van der Waals surface area contributed by atoms with Crippen LogP contribution in [0.2, 0.25) is 0 Å². The van der Waals surface area contributed by atoms with Crippen LogP contribution in [0.25, 0.3) is 0 Å². The van der Waals surface area contributed by atoms with Crippen LogP contribution in [0.5, 0.6) is 0 Å². The Hall–Kier alpha value is -2.07. The van der Waals surface area contributed by atoms with E-state index in [-0.39, 0.29) is 5.82 Å². The number of halogens is 1. The van der Waals surface area contributed by atoms with Gasteiger partial charge in [0.25, 0.3) is 5.91 Å². The molecule has 2 aromatic rings. The second-order valence-electron chi connectivity index (χ2n) is 5.52. The topological polar surface area (TPSA) is 114 Å². The SMILES string of the molecule is O=C(Nc1ccn(C2OC(CBr)C(O)C2O)c(=O)n1)c1ccccc1. The summed E-state index contributed by atoms with van der Waals surface area (Å²) in [6.45, 7) is 0. The summed E-state index contributed by atoms with van der Waals surface area (Å²) in [5.41, 5.74) is -0.274. The Kier molecular flexibility index (Phi) is 5.28. The molecule has 1 aliphatic heterocycles. The van der Waals surface area contributed by atoms with Crippen LogP contribution in [0.4, 0.5) is 5.82 Å². The van der Waals surface area contributed by atoms with Gasteiger partial charge in [-0.05, 0) is 18.2 Å². The first-order valence-corrected chi connectivity index (χ1v) is 8.66. The van der Waals surface area contributed by atoms with E-state index in [1.165, 1.54) is 12.3 Å². The van der Waals surface area contributed by atoms with Crippen LogP contribution in [-0.4, -0.2) is 49.3 Å². The van der Waals surface area contributed by atoms with Gasteiger partial charge in [-0.25, -0.2) is 4.79 Å². The van der Waals surface area contributed by atoms with Gasteiger partial charge in [0.15, 0.2) is 6.23 Å². The molecule has 1 saturated heterocycles. The van der Waals surface area contributed by atoms with Crippen molar-refractivity contribution in [1.29, 1.82) is 0 Å². The molecule has 2 heterocycles. The van der Waals surface area contributed by atoms with Crippen molar-refractivity contribution in [3.63, 3.8) is 0 Å². The largest absolute Gasteiger partial charge is 0.387 e. The third kappa shape index (κ3) is 3.64. The zero-order valence-corrected chi connectivity index (χ0v) is 14.5. The van der Waals surface area contributed by atoms with E-state index < -0.39 is 36.1 Å². The van der Waals surface area contributed by atoms with Crippen LogP contribution >= 0.6 is 15.9 Å². The lowest BCUT2D eigenvalue weighted by molar-refractivity contribution is -0.0337. The predicted molar refractivity (Wildman–Crippen MR) is 92.6 cm³/mol. The lowest BCUT2D eigenvalue weighted by Crippen LogP contribution is -2.35. The minimum absolute atomic E-state index is 0.0835. The van der Waals surface area contributed by atoms with Gasteiger partial charge in [0, 0.05) is 17.1 Å². The molecule has 4 unspecified atom stereocenters. The fraction of sp³-hybridized carbons (Fsp3) is 0.312. The maximum absolute atomic E-state index is 12.2. The number of carbonyl (C=O) groups excluding carboxylic acids is 1. The third-order valence-electron chi connectivity index (χ3n) is 3.87. The number of carbonyl (C=O) groups is 1. The van der Waals surface area contributed by atoms with Gasteiger partial charge in [0.2, 0.25) is 0 Å². The van der Waals surface area contributed by atoms with Crippen LogP contribution in [0.15, 0.2) is 47.4 Å². The van der Waals surface area contributed by atoms with E-state index in [4.69, 9.17) is 4.74 Å². The number of hydrogen-bond donors (Lipinski definition) is 3. The molecule has 3 N–H and O–H groups in total. The molecule has 132 valence electrons. The fourth-order valence-electron chi connectivity index (χ4n) is 2.54. The van der Waals surface area contributed by atoms with Crippen molar-refractivity contribution in [3.05, 3.63) is 58.6 Å². The second-order valence-corrected chi connectivity index (χ2v) is 6.17. The average Bonchev–Trinajstić information content (AvgIpc) is 2.91. The van der Waals surface area contributed by atoms with Crippen LogP contribution in [0, 0.1) is 0 Å². The highest BCUT2D eigenvalue weighted by Crippen LogP contribution is 2.29. The van der Waals surface area contributed by atoms with Gasteiger partial charge in [-0.1, -0.05) is 34.1 Å². The summed E-state index contributed by atoms with van der Waals surface area (Å²) in [6, 6.07) is 9.95. The summed E-state index contributed by atoms with van der Waals surface area (Å²) in [5.74, 6) is -0.308. The van der Waals surface area contributed by atoms with Crippen molar-refractivity contribution in [2.75, 3.05) is 10.6 Å². The van der Waals surface area contributed by atoms with Crippen molar-refractivity contribution in [1.82, 2.24) is 9.55 Å². The number of benzene rings is 1. The third-order valence-corrected chi connectivity index (χ3v) is 4.51. The summed E-state index contributed by atoms with van der Waals surface area (Å²) >= 11 is 3.18. The summed E-state index contributed by atoms with van der Waals surface area (Å²) in [5, 5.41) is 22.8. The van der Waals surface area contributed by atoms with Crippen LogP contribution in [-0.2, 0) is 4.74 Å². The first-order chi connectivity index (χ1) is 12.0. The van der Waals surface area contributed by atoms with Crippen LogP contribution in [0.1, 0.15) is 16.6 Å². The zero-order valence-electron chi connectivity index (χ0n) is 12.9. The van der Waals surface area contributed by atoms with Crippen LogP contribution in [0.3, 0.4) is 0 Å². The molecule has 0 aliphatic carbocycles. The van der Waals surface area contributed by atoms with E-state index in [2.05, 4.69) is 26.2 Å². The Morgan fingerprint density at radius 2 is 1.96 bits per heavy atom. The molecule has 1 fully saturated rings. The fourth-order valence-corrected chi connectivity index (χ4v) is 3.08. The van der Waals surface area contributed by atoms with Crippen molar-refractivity contribution in [2.24, 2.45) is 0 Å². The first-order valence-electron chi connectivity index (χ1n) is 7.54. The number of aromatic nitrogens is 2. The smallest absolute Gasteiger partial charge is 0.351 e. The van der Waals surface area contributed by atoms with E-state index in [1.807, 2.05) is 0 Å². The molecule has 1 aliphatic rings. The molecule has 8 nitrogen and oxygen atoms in total. The highest BCUT2D eigenvalue weighted by atomic mass is 79.9. The molecule has 0 radical (unpaired) electrons. The average molecular weight is 410 g/mol. The van der Waals surface area contributed by atoms with Gasteiger partial charge in [0.1, 0.15) is 18.0 Å². The van der Waals surface area contributed by atoms with Crippen molar-refractivity contribution in [3.8, 4) is 0 Å². The summed E-state index contributed by atoms with van der Waals surface area (Å²) in [6.07, 6.45) is -2.70. The Morgan fingerprint density at radius 3 is 2.56 bits per heavy atom. The number of amides is 1. The highest BCUT2D eigenvalue weighted by Gasteiger charge is 2.43. The molecule has 9 heteroatoms. The molecule has 0 saturated carbocycles. The van der Waals surface area contributed by atoms with E-state index >= 15 is 0 Å². The minimum atomic E-state index is -1.26. The van der Waals surface area contributed by atoms with Gasteiger partial charge in [0.05, 0.1) is 6.10 Å². The Labute approximate surface area is 151 Å². The molecule has 1 aromatic heterocycles. The first kappa shape index (κ1) is 17.7. The summed E-state index contributed by atoms with van der Waals surface area (Å²) in [7, 11) is 0. The second kappa shape index (κ2) is 7.44. The number of hydrogen-bond acceptors (Lipinski definition) is 6. The van der Waals surface area contributed by atoms with Crippen molar-refractivity contribution < 1.29 is 19.7 Å². The number of alkyl halides is 1. The Morgan fingerprint density at radius 1 is 1.24 bits per heavy atom. The summed E-state index contributed by atoms with van der Waals surface area (Å²) < 4.78 is 6.56. The monoisotopic (exact) mass is 409 g/mol. The molecular weight excluding hydrogens is 394 g/mol. The minimum Gasteiger partial charge on any atom is -0.387 e. The number of rotatable bonds is 4. The van der Waals surface area contributed by atoms with Crippen LogP contribution < -0.4 is 11.0 Å². The summed E-state index contributed by atoms with van der Waals surface area (Å²) in [4.78, 5) is 28.1. The molecule has 1 aromatic carbocycles. The Bertz CT molecular complexity index is 813. The molecule has 25 heavy (non-hydrogen) atoms. The molecule has 0 bridgehead atoms. The van der Waals surface area contributed by atoms with Gasteiger partial charge in [-0.3, -0.25) is 9.36 Å². The number of aliphatic hydroxyl groups excluding tert-OH is 2. The van der Waals surface area contributed by atoms with Crippen molar-refractivity contribution in [2.45, 2.75) is 24.5 Å². The van der Waals surface area contributed by atoms with Gasteiger partial charge in [-0.15, -0.1) is 0 Å². The molecule has 3 rings (SSSR count). The van der Waals surface area contributed by atoms with Gasteiger partial charge < -0.3 is 20.3 Å². The van der Waals surface area contributed by atoms with E-state index in [1.54, 1.807) is 30.3 Å². The van der Waals surface area contributed by atoms with Gasteiger partial charge in [-0.2, -0.15) is 4.98 Å². The lowest BCUT2D eigenvalue weighted by Gasteiger charge is -2.17. The quantitative estimate of drug-likeness (QED) is 0.633. The number of anilines is 1. The lowest BCUT2D eigenvalue weighted by atomic mass is 10.1. The Balaban J connectivity index is 1.78. The molecule has 1 amide bonds. The van der Waals surface area contributed by atoms with E-state index in [9.17, 15) is 19.8 Å². The van der Waals surface area contributed by atoms with Crippen molar-refractivity contribution >= 4 is 27.7 Å². The molecular formula is C16H16BrN3O5. The number of nitrogens with zero attached hydrogens (tertiary/aromatic N) is 2. The zero-order chi connectivity index (χ0) is 18.0. The standard InChI is InChI=1S/C16H16BrN3O5/c17-8-10-12(21)13(22)15(25-10)20-7-6-11(19-16(20)24)18-14(23)9-4-2-1-3-5-9/h1-7,10,12-13,15,21-22H,8H2,(H,18,19,23,24). The number of aliphatic hydroxyl groups is 2.